The number of piperidine rings is 1. The molecule has 0 aromatic heterocycles. The van der Waals surface area contributed by atoms with Gasteiger partial charge in [-0.15, -0.1) is 0 Å². The molecule has 1 aromatic rings. The van der Waals surface area contributed by atoms with Crippen LogP contribution in [0.3, 0.4) is 0 Å². The first kappa shape index (κ1) is 13.3. The van der Waals surface area contributed by atoms with Gasteiger partial charge in [-0.25, -0.2) is 4.39 Å². The second kappa shape index (κ2) is 4.86. The summed E-state index contributed by atoms with van der Waals surface area (Å²) >= 11 is 0. The highest BCUT2D eigenvalue weighted by Crippen LogP contribution is 2.29. The van der Waals surface area contributed by atoms with E-state index in [-0.39, 0.29) is 5.82 Å². The van der Waals surface area contributed by atoms with Gasteiger partial charge in [0.05, 0.1) is 17.4 Å². The number of halogens is 1. The number of hydrogen-bond acceptors (Lipinski definition) is 3. The molecule has 0 spiro atoms. The van der Waals surface area contributed by atoms with E-state index in [0.29, 0.717) is 17.8 Å². The summed E-state index contributed by atoms with van der Waals surface area (Å²) in [6, 6.07) is 4.77. The smallest absolute Gasteiger partial charge is 0.146 e. The summed E-state index contributed by atoms with van der Waals surface area (Å²) in [5.74, 6) is -0.342. The minimum Gasteiger partial charge on any atom is -0.389 e. The van der Waals surface area contributed by atoms with Gasteiger partial charge in [0, 0.05) is 13.1 Å². The van der Waals surface area contributed by atoms with Crippen molar-refractivity contribution in [1.82, 2.24) is 0 Å². The second-order valence-electron chi connectivity index (χ2n) is 5.41. The number of aliphatic hydroxyl groups is 2. The van der Waals surface area contributed by atoms with E-state index in [9.17, 15) is 14.6 Å². The monoisotopic (exact) mass is 253 g/mol. The molecule has 1 unspecified atom stereocenters. The lowest BCUT2D eigenvalue weighted by atomic mass is 9.94. The minimum atomic E-state index is -0.756. The molecule has 0 radical (unpaired) electrons. The number of anilines is 1. The van der Waals surface area contributed by atoms with Gasteiger partial charge in [0.1, 0.15) is 5.82 Å². The molecule has 0 amide bonds. The lowest BCUT2D eigenvalue weighted by Gasteiger charge is -2.38. The number of nitrogens with zero attached hydrogens (tertiary/aromatic N) is 1. The van der Waals surface area contributed by atoms with Crippen LogP contribution in [-0.2, 0) is 0 Å². The molecule has 2 atom stereocenters. The second-order valence-corrected chi connectivity index (χ2v) is 5.41. The van der Waals surface area contributed by atoms with Crippen molar-refractivity contribution in [1.29, 1.82) is 0 Å². The molecular weight excluding hydrogens is 233 g/mol. The van der Waals surface area contributed by atoms with Crippen molar-refractivity contribution in [2.45, 2.75) is 38.4 Å². The highest BCUT2D eigenvalue weighted by Gasteiger charge is 2.29. The molecule has 4 heteroatoms. The van der Waals surface area contributed by atoms with Crippen LogP contribution >= 0.6 is 0 Å². The van der Waals surface area contributed by atoms with Crippen LogP contribution in [-0.4, -0.2) is 28.9 Å². The van der Waals surface area contributed by atoms with E-state index in [2.05, 4.69) is 0 Å². The summed E-state index contributed by atoms with van der Waals surface area (Å²) in [6.45, 7) is 4.58. The van der Waals surface area contributed by atoms with Crippen LogP contribution < -0.4 is 4.90 Å². The molecular formula is C14H20FNO2. The Bertz CT molecular complexity index is 432. The summed E-state index contributed by atoms with van der Waals surface area (Å²) in [6.07, 6.45) is 0.930. The molecule has 1 aromatic carbocycles. The number of rotatable bonds is 2. The molecule has 0 bridgehead atoms. The molecule has 2 N–H and O–H groups in total. The number of aliphatic hydroxyl groups excluding tert-OH is 1. The summed E-state index contributed by atoms with van der Waals surface area (Å²) < 4.78 is 14.0. The van der Waals surface area contributed by atoms with Crippen LogP contribution in [0.2, 0.25) is 0 Å². The third kappa shape index (κ3) is 2.82. The molecule has 3 nitrogen and oxygen atoms in total. The zero-order valence-corrected chi connectivity index (χ0v) is 10.9. The standard InChI is InChI=1S/C14H20FNO2/c1-10(17)11-4-5-13(12(15)8-11)16-7-3-6-14(2,18)9-16/h4-5,8,10,17-18H,3,6-7,9H2,1-2H3/t10-,14?/m1/s1. The van der Waals surface area contributed by atoms with E-state index in [1.54, 1.807) is 26.0 Å². The normalized spacial score (nSPS) is 26.2. The first-order chi connectivity index (χ1) is 8.39. The van der Waals surface area contributed by atoms with E-state index in [4.69, 9.17) is 0 Å². The Morgan fingerprint density at radius 3 is 2.72 bits per heavy atom. The Balaban J connectivity index is 2.23. The average molecular weight is 253 g/mol. The number of hydrogen-bond donors (Lipinski definition) is 2. The average Bonchev–Trinajstić information content (AvgIpc) is 2.27. The zero-order valence-electron chi connectivity index (χ0n) is 10.9. The van der Waals surface area contributed by atoms with Gasteiger partial charge in [-0.05, 0) is 44.4 Å². The van der Waals surface area contributed by atoms with Crippen LogP contribution in [0.1, 0.15) is 38.4 Å². The van der Waals surface area contributed by atoms with Gasteiger partial charge in [0.25, 0.3) is 0 Å². The van der Waals surface area contributed by atoms with Gasteiger partial charge in [-0.3, -0.25) is 0 Å². The lowest BCUT2D eigenvalue weighted by Crippen LogP contribution is -2.46. The van der Waals surface area contributed by atoms with Crippen molar-refractivity contribution in [2.24, 2.45) is 0 Å². The molecule has 1 aliphatic heterocycles. The zero-order chi connectivity index (χ0) is 13.3. The molecule has 2 rings (SSSR count). The van der Waals surface area contributed by atoms with Crippen molar-refractivity contribution >= 4 is 5.69 Å². The Morgan fingerprint density at radius 2 is 2.17 bits per heavy atom. The number of β-amino-alcohol motifs (C(OH)–C–C–N with tert-alkyl or cyclic N) is 1. The van der Waals surface area contributed by atoms with Gasteiger partial charge in [0.2, 0.25) is 0 Å². The maximum atomic E-state index is 14.0. The van der Waals surface area contributed by atoms with E-state index < -0.39 is 11.7 Å². The molecule has 1 heterocycles. The van der Waals surface area contributed by atoms with Crippen LogP contribution in [0.15, 0.2) is 18.2 Å². The van der Waals surface area contributed by atoms with Gasteiger partial charge >= 0.3 is 0 Å². The minimum absolute atomic E-state index is 0.342. The largest absolute Gasteiger partial charge is 0.389 e. The summed E-state index contributed by atoms with van der Waals surface area (Å²) in [7, 11) is 0. The molecule has 0 saturated carbocycles. The van der Waals surface area contributed by atoms with Gasteiger partial charge in [0.15, 0.2) is 0 Å². The van der Waals surface area contributed by atoms with E-state index >= 15 is 0 Å². The van der Waals surface area contributed by atoms with Crippen molar-refractivity contribution < 1.29 is 14.6 Å². The Hall–Kier alpha value is -1.13. The molecule has 100 valence electrons. The maximum Gasteiger partial charge on any atom is 0.146 e. The van der Waals surface area contributed by atoms with Crippen LogP contribution in [0.5, 0.6) is 0 Å². The predicted octanol–water partition coefficient (Wildman–Crippen LogP) is 2.23. The van der Waals surface area contributed by atoms with E-state index in [1.165, 1.54) is 6.07 Å². The van der Waals surface area contributed by atoms with Gasteiger partial charge in [-0.1, -0.05) is 6.07 Å². The first-order valence-corrected chi connectivity index (χ1v) is 6.34. The fraction of sp³-hybridized carbons (Fsp3) is 0.571. The molecule has 1 fully saturated rings. The topological polar surface area (TPSA) is 43.7 Å². The summed E-state index contributed by atoms with van der Waals surface area (Å²) in [4.78, 5) is 1.87. The Morgan fingerprint density at radius 1 is 1.44 bits per heavy atom. The Labute approximate surface area is 107 Å². The van der Waals surface area contributed by atoms with Crippen LogP contribution in [0.4, 0.5) is 10.1 Å². The van der Waals surface area contributed by atoms with Crippen molar-refractivity contribution in [3.63, 3.8) is 0 Å². The first-order valence-electron chi connectivity index (χ1n) is 6.34. The predicted molar refractivity (Wildman–Crippen MR) is 69.1 cm³/mol. The highest BCUT2D eigenvalue weighted by atomic mass is 19.1. The lowest BCUT2D eigenvalue weighted by molar-refractivity contribution is 0.0447. The van der Waals surface area contributed by atoms with Crippen molar-refractivity contribution in [2.75, 3.05) is 18.0 Å². The van der Waals surface area contributed by atoms with Crippen molar-refractivity contribution in [3.05, 3.63) is 29.6 Å². The van der Waals surface area contributed by atoms with Crippen molar-refractivity contribution in [3.8, 4) is 0 Å². The van der Waals surface area contributed by atoms with Crippen LogP contribution in [0, 0.1) is 5.82 Å². The SMILES string of the molecule is C[C@@H](O)c1ccc(N2CCCC(C)(O)C2)c(F)c1. The fourth-order valence-corrected chi connectivity index (χ4v) is 2.47. The third-order valence-electron chi connectivity index (χ3n) is 3.47. The molecule has 1 saturated heterocycles. The third-order valence-corrected chi connectivity index (χ3v) is 3.47. The quantitative estimate of drug-likeness (QED) is 0.849. The molecule has 1 aliphatic rings. The van der Waals surface area contributed by atoms with Gasteiger partial charge in [-0.2, -0.15) is 0 Å². The molecule has 0 aliphatic carbocycles. The fourth-order valence-electron chi connectivity index (χ4n) is 2.47. The number of benzene rings is 1. The molecule has 18 heavy (non-hydrogen) atoms. The van der Waals surface area contributed by atoms with E-state index in [1.807, 2.05) is 4.90 Å². The van der Waals surface area contributed by atoms with E-state index in [0.717, 1.165) is 19.4 Å². The maximum absolute atomic E-state index is 14.0. The highest BCUT2D eigenvalue weighted by molar-refractivity contribution is 5.50. The van der Waals surface area contributed by atoms with Gasteiger partial charge < -0.3 is 15.1 Å². The van der Waals surface area contributed by atoms with Crippen LogP contribution in [0.25, 0.3) is 0 Å². The summed E-state index contributed by atoms with van der Waals surface area (Å²) in [5.41, 5.74) is 0.313. The Kier molecular flexibility index (Phi) is 3.59. The summed E-state index contributed by atoms with van der Waals surface area (Å²) in [5, 5.41) is 19.4.